The third kappa shape index (κ3) is 11.2. The Bertz CT molecular complexity index is 2340. The molecule has 1 aromatic heterocycles. The van der Waals surface area contributed by atoms with Crippen molar-refractivity contribution < 1.29 is 21.6 Å². The second kappa shape index (κ2) is 19.3. The summed E-state index contributed by atoms with van der Waals surface area (Å²) in [5, 5.41) is 4.29. The standard InChI is InChI=1S/C45H51ClF3N7O2S2/c1-31-27-38(17-18-41(31)50-35(19-23-54(2)3)30-59-37-10-5-4-6-11-37)60(57,58)53-43-40-22-26-56(29-42(40)51-44(52-43)45(47,48)49)36-20-24-55(25-21-36)28-33-9-7-8-12-39(33)32-13-15-34(46)16-14-32/h4-18,27,35-36,50H,19-26,28-30H2,1-3H3,(H,51,52,53)/t35-/m1/s1. The molecule has 1 atom stereocenters. The fourth-order valence-electron chi connectivity index (χ4n) is 7.92. The van der Waals surface area contributed by atoms with E-state index in [9.17, 15) is 21.6 Å². The van der Waals surface area contributed by atoms with Gasteiger partial charge in [-0.3, -0.25) is 14.5 Å². The van der Waals surface area contributed by atoms with Gasteiger partial charge in [-0.25, -0.2) is 18.4 Å². The molecule has 0 radical (unpaired) electrons. The van der Waals surface area contributed by atoms with Crippen molar-refractivity contribution >= 4 is 44.9 Å². The first-order valence-corrected chi connectivity index (χ1v) is 23.1. The van der Waals surface area contributed by atoms with E-state index in [0.29, 0.717) is 29.1 Å². The van der Waals surface area contributed by atoms with Gasteiger partial charge in [0.2, 0.25) is 5.82 Å². The van der Waals surface area contributed by atoms with Gasteiger partial charge in [-0.05, 0) is 131 Å². The van der Waals surface area contributed by atoms with Crippen LogP contribution >= 0.6 is 23.4 Å². The molecule has 1 fully saturated rings. The van der Waals surface area contributed by atoms with E-state index < -0.39 is 22.0 Å². The van der Waals surface area contributed by atoms with Crippen LogP contribution in [0.25, 0.3) is 11.1 Å². The summed E-state index contributed by atoms with van der Waals surface area (Å²) in [6.07, 6.45) is -1.98. The molecule has 7 rings (SSSR count). The van der Waals surface area contributed by atoms with Crippen LogP contribution in [0.15, 0.2) is 107 Å². The van der Waals surface area contributed by atoms with E-state index in [2.05, 4.69) is 59.0 Å². The first-order chi connectivity index (χ1) is 28.7. The number of thioether (sulfide) groups is 1. The molecular formula is C45H51ClF3N7O2S2. The second-order valence-corrected chi connectivity index (χ2v) is 19.1. The first-order valence-electron chi connectivity index (χ1n) is 20.2. The number of hydrogen-bond donors (Lipinski definition) is 2. The number of benzene rings is 4. The lowest BCUT2D eigenvalue weighted by atomic mass is 9.96. The number of alkyl halides is 3. The van der Waals surface area contributed by atoms with Crippen LogP contribution in [-0.2, 0) is 35.7 Å². The molecule has 0 aliphatic carbocycles. The number of sulfonamides is 1. The Morgan fingerprint density at radius 1 is 0.933 bits per heavy atom. The quantitative estimate of drug-likeness (QED) is 0.0999. The lowest BCUT2D eigenvalue weighted by Gasteiger charge is -2.40. The maximum atomic E-state index is 14.2. The minimum absolute atomic E-state index is 0.0602. The van der Waals surface area contributed by atoms with Gasteiger partial charge in [0.25, 0.3) is 10.0 Å². The number of fused-ring (bicyclic) bond motifs is 1. The SMILES string of the molecule is Cc1cc(S(=O)(=O)Nc2nc(C(F)(F)F)nc3c2CCN(C2CCN(Cc4ccccc4-c4ccc(Cl)cc4)CC2)C3)ccc1N[C@H](CCN(C)C)CSc1ccccc1. The average Bonchev–Trinajstić information content (AvgIpc) is 3.23. The summed E-state index contributed by atoms with van der Waals surface area (Å²) in [6.45, 7) is 5.87. The summed E-state index contributed by atoms with van der Waals surface area (Å²) < 4.78 is 72.9. The van der Waals surface area contributed by atoms with Crippen LogP contribution < -0.4 is 10.0 Å². The van der Waals surface area contributed by atoms with Gasteiger partial charge in [0.15, 0.2) is 0 Å². The van der Waals surface area contributed by atoms with Gasteiger partial charge in [0.1, 0.15) is 5.82 Å². The third-order valence-electron chi connectivity index (χ3n) is 11.2. The number of nitrogens with one attached hydrogen (secondary N) is 2. The van der Waals surface area contributed by atoms with Crippen LogP contribution in [0.3, 0.4) is 0 Å². The molecule has 15 heteroatoms. The van der Waals surface area contributed by atoms with Gasteiger partial charge >= 0.3 is 6.18 Å². The Morgan fingerprint density at radius 3 is 2.35 bits per heavy atom. The molecule has 2 N–H and O–H groups in total. The number of piperidine rings is 1. The van der Waals surface area contributed by atoms with E-state index in [-0.39, 0.29) is 35.0 Å². The molecule has 2 aliphatic heterocycles. The van der Waals surface area contributed by atoms with Crippen LogP contribution in [-0.4, -0.2) is 91.2 Å². The zero-order valence-electron chi connectivity index (χ0n) is 34.1. The minimum Gasteiger partial charge on any atom is -0.381 e. The van der Waals surface area contributed by atoms with E-state index in [4.69, 9.17) is 11.6 Å². The molecule has 0 bridgehead atoms. The van der Waals surface area contributed by atoms with Gasteiger partial charge in [-0.15, -0.1) is 11.8 Å². The molecule has 60 heavy (non-hydrogen) atoms. The number of anilines is 2. The van der Waals surface area contributed by atoms with Crippen LogP contribution in [0.2, 0.25) is 5.02 Å². The zero-order valence-corrected chi connectivity index (χ0v) is 36.4. The molecule has 3 heterocycles. The molecule has 318 valence electrons. The molecule has 5 aromatic rings. The van der Waals surface area contributed by atoms with Crippen molar-refractivity contribution in [2.75, 3.05) is 56.1 Å². The Kier molecular flexibility index (Phi) is 14.1. The number of hydrogen-bond acceptors (Lipinski definition) is 9. The van der Waals surface area contributed by atoms with Crippen molar-refractivity contribution in [3.05, 3.63) is 130 Å². The van der Waals surface area contributed by atoms with Crippen molar-refractivity contribution in [3.8, 4) is 11.1 Å². The normalized spacial score (nSPS) is 16.1. The molecule has 0 spiro atoms. The summed E-state index contributed by atoms with van der Waals surface area (Å²) >= 11 is 7.89. The highest BCUT2D eigenvalue weighted by Crippen LogP contribution is 2.35. The van der Waals surface area contributed by atoms with Gasteiger partial charge in [-0.2, -0.15) is 13.2 Å². The maximum Gasteiger partial charge on any atom is 0.451 e. The Balaban J connectivity index is 1.02. The molecule has 1 saturated heterocycles. The molecule has 0 amide bonds. The smallest absolute Gasteiger partial charge is 0.381 e. The second-order valence-electron chi connectivity index (χ2n) is 15.9. The van der Waals surface area contributed by atoms with E-state index in [1.54, 1.807) is 23.9 Å². The van der Waals surface area contributed by atoms with Gasteiger partial charge < -0.3 is 10.2 Å². The van der Waals surface area contributed by atoms with Crippen LogP contribution in [0.5, 0.6) is 0 Å². The van der Waals surface area contributed by atoms with Crippen LogP contribution in [0.1, 0.15) is 47.5 Å². The van der Waals surface area contributed by atoms with E-state index in [1.165, 1.54) is 11.6 Å². The van der Waals surface area contributed by atoms with Crippen LogP contribution in [0, 0.1) is 6.92 Å². The number of aryl methyl sites for hydroxylation is 1. The number of nitrogens with zero attached hydrogens (tertiary/aromatic N) is 5. The Labute approximate surface area is 360 Å². The highest BCUT2D eigenvalue weighted by Gasteiger charge is 2.39. The predicted octanol–water partition coefficient (Wildman–Crippen LogP) is 9.47. The van der Waals surface area contributed by atoms with E-state index in [1.807, 2.05) is 75.6 Å². The average molecular weight is 879 g/mol. The van der Waals surface area contributed by atoms with Crippen LogP contribution in [0.4, 0.5) is 24.7 Å². The van der Waals surface area contributed by atoms with Crippen molar-refractivity contribution in [3.63, 3.8) is 0 Å². The summed E-state index contributed by atoms with van der Waals surface area (Å²) in [5.74, 6) is -0.873. The van der Waals surface area contributed by atoms with Crippen molar-refractivity contribution in [2.24, 2.45) is 0 Å². The summed E-state index contributed by atoms with van der Waals surface area (Å²) in [6, 6.07) is 31.3. The number of likely N-dealkylation sites (tertiary alicyclic amines) is 1. The molecular weight excluding hydrogens is 827 g/mol. The number of rotatable bonds is 15. The third-order valence-corrected chi connectivity index (χ3v) is 14.0. The summed E-state index contributed by atoms with van der Waals surface area (Å²) in [5.41, 5.74) is 5.57. The molecule has 0 unspecified atom stereocenters. The largest absolute Gasteiger partial charge is 0.451 e. The Morgan fingerprint density at radius 2 is 1.65 bits per heavy atom. The Hall–Kier alpha value is -4.18. The van der Waals surface area contributed by atoms with E-state index >= 15 is 0 Å². The van der Waals surface area contributed by atoms with Crippen molar-refractivity contribution in [1.82, 2.24) is 24.7 Å². The first kappa shape index (κ1) is 43.9. The summed E-state index contributed by atoms with van der Waals surface area (Å²) in [4.78, 5) is 15.6. The minimum atomic E-state index is -4.86. The van der Waals surface area contributed by atoms with E-state index in [0.717, 1.165) is 72.9 Å². The molecule has 4 aromatic carbocycles. The lowest BCUT2D eigenvalue weighted by Crippen LogP contribution is -2.46. The molecule has 0 saturated carbocycles. The summed E-state index contributed by atoms with van der Waals surface area (Å²) in [7, 11) is -0.253. The molecule has 2 aliphatic rings. The number of aromatic nitrogens is 2. The van der Waals surface area contributed by atoms with Crippen molar-refractivity contribution in [2.45, 2.75) is 73.7 Å². The fraction of sp³-hybridized carbons (Fsp3) is 0.378. The maximum absolute atomic E-state index is 14.2. The van der Waals surface area contributed by atoms with Gasteiger partial charge in [0, 0.05) is 58.6 Å². The van der Waals surface area contributed by atoms with Crippen molar-refractivity contribution in [1.29, 1.82) is 0 Å². The lowest BCUT2D eigenvalue weighted by molar-refractivity contribution is -0.145. The zero-order chi connectivity index (χ0) is 42.4. The highest BCUT2D eigenvalue weighted by molar-refractivity contribution is 7.99. The van der Waals surface area contributed by atoms with Gasteiger partial charge in [-0.1, -0.05) is 66.2 Å². The number of halogens is 4. The fourth-order valence-corrected chi connectivity index (χ4v) is 10.2. The predicted molar refractivity (Wildman–Crippen MR) is 236 cm³/mol. The highest BCUT2D eigenvalue weighted by atomic mass is 35.5. The molecule has 9 nitrogen and oxygen atoms in total. The topological polar surface area (TPSA) is 93.7 Å². The van der Waals surface area contributed by atoms with Gasteiger partial charge in [0.05, 0.1) is 10.6 Å². The monoisotopic (exact) mass is 877 g/mol.